The summed E-state index contributed by atoms with van der Waals surface area (Å²) in [4.78, 5) is 30.8. The Morgan fingerprint density at radius 2 is 1.93 bits per heavy atom. The topological polar surface area (TPSA) is 80.8 Å². The number of unbranched alkanes of at least 4 members (excludes halogenated alkanes) is 1. The molecule has 0 bridgehead atoms. The molecule has 0 fully saturated rings. The first-order valence-corrected chi connectivity index (χ1v) is 8.75. The number of benzene rings is 1. The highest BCUT2D eigenvalue weighted by molar-refractivity contribution is 6.06. The zero-order valence-corrected chi connectivity index (χ0v) is 16.1. The van der Waals surface area contributed by atoms with Crippen LogP contribution in [0.2, 0.25) is 0 Å². The van der Waals surface area contributed by atoms with Crippen LogP contribution in [0, 0.1) is 0 Å². The van der Waals surface area contributed by atoms with E-state index >= 15 is 0 Å². The highest BCUT2D eigenvalue weighted by Gasteiger charge is 2.16. The van der Waals surface area contributed by atoms with Crippen molar-refractivity contribution < 1.29 is 19.1 Å². The molecule has 1 aromatic carbocycles. The van der Waals surface area contributed by atoms with Gasteiger partial charge in [0.1, 0.15) is 17.2 Å². The summed E-state index contributed by atoms with van der Waals surface area (Å²) in [6.07, 6.45) is 3.37. The van der Waals surface area contributed by atoms with Crippen LogP contribution in [0.5, 0.6) is 11.5 Å². The number of amides is 2. The number of ether oxygens (including phenoxy) is 2. The van der Waals surface area contributed by atoms with E-state index in [0.717, 1.165) is 12.8 Å². The molecule has 2 aromatic rings. The number of hydrogen-bond acceptors (Lipinski definition) is 5. The van der Waals surface area contributed by atoms with Gasteiger partial charge in [0.05, 0.1) is 19.9 Å². The van der Waals surface area contributed by atoms with E-state index in [-0.39, 0.29) is 17.5 Å². The van der Waals surface area contributed by atoms with E-state index in [4.69, 9.17) is 9.47 Å². The standard InChI is InChI=1S/C20H25N3O4/c1-5-6-11-23(2)20(25)17-12-14(9-10-21-17)19(24)22-16-13-15(26-3)7-8-18(16)27-4/h7-10,12-13H,5-6,11H2,1-4H3,(H,22,24). The Hall–Kier alpha value is -3.09. The summed E-state index contributed by atoms with van der Waals surface area (Å²) in [5, 5.41) is 2.79. The highest BCUT2D eigenvalue weighted by Crippen LogP contribution is 2.29. The summed E-state index contributed by atoms with van der Waals surface area (Å²) in [7, 11) is 4.80. The molecule has 2 amide bonds. The molecule has 0 saturated carbocycles. The Kier molecular flexibility index (Phi) is 7.16. The van der Waals surface area contributed by atoms with Gasteiger partial charge < -0.3 is 19.7 Å². The molecule has 27 heavy (non-hydrogen) atoms. The zero-order chi connectivity index (χ0) is 19.8. The zero-order valence-electron chi connectivity index (χ0n) is 16.1. The molecule has 0 saturated heterocycles. The van der Waals surface area contributed by atoms with Crippen LogP contribution in [0.25, 0.3) is 0 Å². The van der Waals surface area contributed by atoms with E-state index in [1.54, 1.807) is 43.3 Å². The Morgan fingerprint density at radius 1 is 1.15 bits per heavy atom. The molecule has 0 atom stereocenters. The van der Waals surface area contributed by atoms with Gasteiger partial charge in [0.15, 0.2) is 0 Å². The second-order valence-electron chi connectivity index (χ2n) is 6.03. The summed E-state index contributed by atoms with van der Waals surface area (Å²) in [6, 6.07) is 8.17. The average molecular weight is 371 g/mol. The number of hydrogen-bond donors (Lipinski definition) is 1. The molecule has 1 aromatic heterocycles. The molecule has 2 rings (SSSR count). The fourth-order valence-corrected chi connectivity index (χ4v) is 2.49. The van der Waals surface area contributed by atoms with E-state index in [0.29, 0.717) is 29.3 Å². The van der Waals surface area contributed by atoms with Gasteiger partial charge in [-0.2, -0.15) is 0 Å². The number of aromatic nitrogens is 1. The Morgan fingerprint density at radius 3 is 2.59 bits per heavy atom. The van der Waals surface area contributed by atoms with Crippen molar-refractivity contribution in [3.8, 4) is 11.5 Å². The minimum Gasteiger partial charge on any atom is -0.497 e. The van der Waals surface area contributed by atoms with Gasteiger partial charge in [-0.15, -0.1) is 0 Å². The second-order valence-corrected chi connectivity index (χ2v) is 6.03. The third-order valence-corrected chi connectivity index (χ3v) is 4.09. The molecule has 1 N–H and O–H groups in total. The third kappa shape index (κ3) is 5.20. The van der Waals surface area contributed by atoms with Crippen molar-refractivity contribution in [1.82, 2.24) is 9.88 Å². The van der Waals surface area contributed by atoms with E-state index in [9.17, 15) is 9.59 Å². The quantitative estimate of drug-likeness (QED) is 0.771. The van der Waals surface area contributed by atoms with Crippen LogP contribution >= 0.6 is 0 Å². The molecule has 1 heterocycles. The fourth-order valence-electron chi connectivity index (χ4n) is 2.49. The summed E-state index contributed by atoms with van der Waals surface area (Å²) in [5.74, 6) is 0.523. The minimum absolute atomic E-state index is 0.211. The van der Waals surface area contributed by atoms with Crippen molar-refractivity contribution in [2.75, 3.05) is 33.1 Å². The first kappa shape index (κ1) is 20.2. The van der Waals surface area contributed by atoms with Crippen molar-refractivity contribution in [1.29, 1.82) is 0 Å². The monoisotopic (exact) mass is 371 g/mol. The first-order chi connectivity index (χ1) is 13.0. The lowest BCUT2D eigenvalue weighted by atomic mass is 10.2. The molecule has 7 heteroatoms. The van der Waals surface area contributed by atoms with Crippen LogP contribution in [0.15, 0.2) is 36.5 Å². The maximum Gasteiger partial charge on any atom is 0.272 e. The molecule has 0 unspecified atom stereocenters. The summed E-state index contributed by atoms with van der Waals surface area (Å²) < 4.78 is 10.5. The number of pyridine rings is 1. The Labute approximate surface area is 159 Å². The lowest BCUT2D eigenvalue weighted by Crippen LogP contribution is -2.28. The van der Waals surface area contributed by atoms with Crippen molar-refractivity contribution in [3.05, 3.63) is 47.8 Å². The smallest absolute Gasteiger partial charge is 0.272 e. The predicted octanol–water partition coefficient (Wildman–Crippen LogP) is 3.22. The number of nitrogens with zero attached hydrogens (tertiary/aromatic N) is 2. The average Bonchev–Trinajstić information content (AvgIpc) is 2.71. The van der Waals surface area contributed by atoms with Gasteiger partial charge in [-0.25, -0.2) is 0 Å². The van der Waals surface area contributed by atoms with Gasteiger partial charge in [0, 0.05) is 31.4 Å². The lowest BCUT2D eigenvalue weighted by molar-refractivity contribution is 0.0787. The van der Waals surface area contributed by atoms with Crippen LogP contribution in [0.1, 0.15) is 40.6 Å². The first-order valence-electron chi connectivity index (χ1n) is 8.75. The highest BCUT2D eigenvalue weighted by atomic mass is 16.5. The van der Waals surface area contributed by atoms with Gasteiger partial charge >= 0.3 is 0 Å². The largest absolute Gasteiger partial charge is 0.497 e. The number of carbonyl (C=O) groups excluding carboxylic acids is 2. The maximum atomic E-state index is 12.6. The van der Waals surface area contributed by atoms with Crippen molar-refractivity contribution in [2.45, 2.75) is 19.8 Å². The normalized spacial score (nSPS) is 10.2. The Balaban J connectivity index is 2.19. The summed E-state index contributed by atoms with van der Waals surface area (Å²) in [5.41, 5.74) is 1.05. The van der Waals surface area contributed by atoms with E-state index < -0.39 is 0 Å². The molecular formula is C20H25N3O4. The summed E-state index contributed by atoms with van der Waals surface area (Å²) >= 11 is 0. The minimum atomic E-state index is -0.366. The molecule has 0 radical (unpaired) electrons. The van der Waals surface area contributed by atoms with E-state index in [1.807, 2.05) is 0 Å². The van der Waals surface area contributed by atoms with Crippen LogP contribution in [-0.2, 0) is 0 Å². The number of nitrogens with one attached hydrogen (secondary N) is 1. The van der Waals surface area contributed by atoms with Gasteiger partial charge in [-0.05, 0) is 30.7 Å². The number of anilines is 1. The predicted molar refractivity (Wildman–Crippen MR) is 104 cm³/mol. The third-order valence-electron chi connectivity index (χ3n) is 4.09. The van der Waals surface area contributed by atoms with Crippen LogP contribution in [-0.4, -0.2) is 49.5 Å². The van der Waals surface area contributed by atoms with Crippen LogP contribution in [0.4, 0.5) is 5.69 Å². The molecule has 0 aliphatic heterocycles. The maximum absolute atomic E-state index is 12.6. The molecule has 0 aliphatic carbocycles. The van der Waals surface area contributed by atoms with Crippen molar-refractivity contribution in [3.63, 3.8) is 0 Å². The SMILES string of the molecule is CCCCN(C)C(=O)c1cc(C(=O)Nc2cc(OC)ccc2OC)ccn1. The van der Waals surface area contributed by atoms with Crippen LogP contribution < -0.4 is 14.8 Å². The molecule has 0 aliphatic rings. The van der Waals surface area contributed by atoms with Gasteiger partial charge in [-0.1, -0.05) is 13.3 Å². The van der Waals surface area contributed by atoms with Gasteiger partial charge in [-0.3, -0.25) is 14.6 Å². The number of methoxy groups -OCH3 is 2. The lowest BCUT2D eigenvalue weighted by Gasteiger charge is -2.16. The molecule has 7 nitrogen and oxygen atoms in total. The summed E-state index contributed by atoms with van der Waals surface area (Å²) in [6.45, 7) is 2.71. The van der Waals surface area contributed by atoms with Crippen LogP contribution in [0.3, 0.4) is 0 Å². The number of carbonyl (C=O) groups is 2. The second kappa shape index (κ2) is 9.56. The van der Waals surface area contributed by atoms with Gasteiger partial charge in [0.2, 0.25) is 0 Å². The molecule has 144 valence electrons. The number of rotatable bonds is 8. The van der Waals surface area contributed by atoms with E-state index in [1.165, 1.54) is 19.4 Å². The van der Waals surface area contributed by atoms with Gasteiger partial charge in [0.25, 0.3) is 11.8 Å². The van der Waals surface area contributed by atoms with Crippen molar-refractivity contribution >= 4 is 17.5 Å². The Bertz CT molecular complexity index is 808. The molecular weight excluding hydrogens is 346 g/mol. The van der Waals surface area contributed by atoms with Crippen molar-refractivity contribution in [2.24, 2.45) is 0 Å². The molecule has 0 spiro atoms. The van der Waals surface area contributed by atoms with E-state index in [2.05, 4.69) is 17.2 Å². The fraction of sp³-hybridized carbons (Fsp3) is 0.350.